The van der Waals surface area contributed by atoms with E-state index in [4.69, 9.17) is 4.74 Å². The number of amides is 2. The van der Waals surface area contributed by atoms with Gasteiger partial charge in [0.1, 0.15) is 5.82 Å². The van der Waals surface area contributed by atoms with Gasteiger partial charge in [-0.05, 0) is 68.1 Å². The van der Waals surface area contributed by atoms with Crippen molar-refractivity contribution in [1.29, 1.82) is 0 Å². The number of hydrogen-bond acceptors (Lipinski definition) is 4. The van der Waals surface area contributed by atoms with Gasteiger partial charge >= 0.3 is 0 Å². The van der Waals surface area contributed by atoms with Crippen LogP contribution >= 0.6 is 11.8 Å². The van der Waals surface area contributed by atoms with Crippen molar-refractivity contribution in [3.8, 4) is 0 Å². The lowest BCUT2D eigenvalue weighted by Crippen LogP contribution is -2.43. The SMILES string of the molecule is Cc1cccc(NC(=O)CN(CC2CCCO2)C(=O)CSc2ccc(F)cc2)c1C. The summed E-state index contributed by atoms with van der Waals surface area (Å²) in [6.45, 7) is 5.00. The normalized spacial score (nSPS) is 15.8. The van der Waals surface area contributed by atoms with Gasteiger partial charge in [0, 0.05) is 23.7 Å². The molecule has 160 valence electrons. The number of rotatable bonds is 8. The first kappa shape index (κ1) is 22.3. The molecule has 2 amide bonds. The standard InChI is InChI=1S/C23H27FN2O3S/c1-16-5-3-7-21(17(16)2)25-22(27)14-26(13-19-6-4-12-29-19)23(28)15-30-20-10-8-18(24)9-11-20/h3,5,7-11,19H,4,6,12-15H2,1-2H3,(H,25,27). The molecule has 2 aromatic carbocycles. The van der Waals surface area contributed by atoms with E-state index < -0.39 is 0 Å². The van der Waals surface area contributed by atoms with Crippen molar-refractivity contribution in [3.63, 3.8) is 0 Å². The van der Waals surface area contributed by atoms with E-state index in [1.54, 1.807) is 17.0 Å². The van der Waals surface area contributed by atoms with Crippen molar-refractivity contribution in [2.45, 2.75) is 37.7 Å². The Morgan fingerprint density at radius 1 is 1.20 bits per heavy atom. The molecule has 0 aromatic heterocycles. The fourth-order valence-electron chi connectivity index (χ4n) is 3.31. The number of nitrogens with one attached hydrogen (secondary N) is 1. The molecule has 0 spiro atoms. The molecule has 1 aliphatic heterocycles. The summed E-state index contributed by atoms with van der Waals surface area (Å²) >= 11 is 1.33. The van der Waals surface area contributed by atoms with Crippen molar-refractivity contribution < 1.29 is 18.7 Å². The first-order chi connectivity index (χ1) is 14.4. The second-order valence-corrected chi connectivity index (χ2v) is 8.50. The second kappa shape index (κ2) is 10.6. The molecular formula is C23H27FN2O3S. The Bertz CT molecular complexity index is 883. The molecule has 2 aromatic rings. The van der Waals surface area contributed by atoms with E-state index in [1.807, 2.05) is 32.0 Å². The van der Waals surface area contributed by atoms with Gasteiger partial charge in [-0.15, -0.1) is 11.8 Å². The summed E-state index contributed by atoms with van der Waals surface area (Å²) in [6, 6.07) is 11.8. The maximum absolute atomic E-state index is 13.1. The Morgan fingerprint density at radius 3 is 2.67 bits per heavy atom. The number of hydrogen-bond donors (Lipinski definition) is 1. The molecule has 3 rings (SSSR count). The van der Waals surface area contributed by atoms with E-state index >= 15 is 0 Å². The van der Waals surface area contributed by atoms with Gasteiger partial charge in [-0.1, -0.05) is 12.1 Å². The van der Waals surface area contributed by atoms with Crippen LogP contribution in [0.4, 0.5) is 10.1 Å². The summed E-state index contributed by atoms with van der Waals surface area (Å²) in [5.74, 6) is -0.513. The van der Waals surface area contributed by atoms with Gasteiger partial charge in [-0.2, -0.15) is 0 Å². The maximum Gasteiger partial charge on any atom is 0.244 e. The van der Waals surface area contributed by atoms with E-state index in [0.29, 0.717) is 13.2 Å². The number of thioether (sulfide) groups is 1. The molecule has 0 bridgehead atoms. The molecular weight excluding hydrogens is 403 g/mol. The molecule has 0 radical (unpaired) electrons. The Balaban J connectivity index is 1.63. The number of aryl methyl sites for hydroxylation is 1. The molecule has 0 saturated carbocycles. The zero-order chi connectivity index (χ0) is 21.5. The number of carbonyl (C=O) groups excluding carboxylic acids is 2. The highest BCUT2D eigenvalue weighted by Crippen LogP contribution is 2.21. The van der Waals surface area contributed by atoms with Crippen LogP contribution in [0.3, 0.4) is 0 Å². The highest BCUT2D eigenvalue weighted by Gasteiger charge is 2.24. The molecule has 1 saturated heterocycles. The Morgan fingerprint density at radius 2 is 1.97 bits per heavy atom. The minimum atomic E-state index is -0.311. The van der Waals surface area contributed by atoms with Gasteiger partial charge in [0.15, 0.2) is 0 Å². The maximum atomic E-state index is 13.1. The van der Waals surface area contributed by atoms with Crippen LogP contribution in [-0.2, 0) is 14.3 Å². The van der Waals surface area contributed by atoms with Gasteiger partial charge in [0.05, 0.1) is 18.4 Å². The Labute approximate surface area is 181 Å². The summed E-state index contributed by atoms with van der Waals surface area (Å²) in [6.07, 6.45) is 1.80. The van der Waals surface area contributed by atoms with Crippen LogP contribution in [0.2, 0.25) is 0 Å². The zero-order valence-corrected chi connectivity index (χ0v) is 18.1. The number of anilines is 1. The van der Waals surface area contributed by atoms with E-state index in [2.05, 4.69) is 5.32 Å². The zero-order valence-electron chi connectivity index (χ0n) is 17.3. The first-order valence-corrected chi connectivity index (χ1v) is 11.0. The van der Waals surface area contributed by atoms with Gasteiger partial charge in [-0.25, -0.2) is 4.39 Å². The Hall–Kier alpha value is -2.38. The van der Waals surface area contributed by atoms with Crippen molar-refractivity contribution in [2.75, 3.05) is 30.8 Å². The topological polar surface area (TPSA) is 58.6 Å². The lowest BCUT2D eigenvalue weighted by Gasteiger charge is -2.25. The Kier molecular flexibility index (Phi) is 7.87. The van der Waals surface area contributed by atoms with Gasteiger partial charge in [0.2, 0.25) is 11.8 Å². The summed E-state index contributed by atoms with van der Waals surface area (Å²) in [5, 5.41) is 2.92. The van der Waals surface area contributed by atoms with Crippen LogP contribution in [-0.4, -0.2) is 48.3 Å². The van der Waals surface area contributed by atoms with Gasteiger partial charge in [0.25, 0.3) is 0 Å². The number of ether oxygens (including phenoxy) is 1. The van der Waals surface area contributed by atoms with Crippen LogP contribution in [0.25, 0.3) is 0 Å². The van der Waals surface area contributed by atoms with Crippen LogP contribution in [0.1, 0.15) is 24.0 Å². The number of nitrogens with zero attached hydrogens (tertiary/aromatic N) is 1. The summed E-state index contributed by atoms with van der Waals surface area (Å²) in [5.41, 5.74) is 2.86. The minimum Gasteiger partial charge on any atom is -0.376 e. The lowest BCUT2D eigenvalue weighted by atomic mass is 10.1. The minimum absolute atomic E-state index is 0.0317. The van der Waals surface area contributed by atoms with Crippen LogP contribution in [0, 0.1) is 19.7 Å². The van der Waals surface area contributed by atoms with Gasteiger partial charge < -0.3 is 15.0 Å². The van der Waals surface area contributed by atoms with E-state index in [1.165, 1.54) is 23.9 Å². The second-order valence-electron chi connectivity index (χ2n) is 7.45. The molecule has 0 aliphatic carbocycles. The van der Waals surface area contributed by atoms with Crippen LogP contribution in [0.15, 0.2) is 47.4 Å². The molecule has 1 unspecified atom stereocenters. The average molecular weight is 431 g/mol. The largest absolute Gasteiger partial charge is 0.376 e. The third kappa shape index (κ3) is 6.31. The van der Waals surface area contributed by atoms with Crippen molar-refractivity contribution in [1.82, 2.24) is 4.90 Å². The van der Waals surface area contributed by atoms with Crippen molar-refractivity contribution in [2.24, 2.45) is 0 Å². The van der Waals surface area contributed by atoms with E-state index in [-0.39, 0.29) is 36.0 Å². The molecule has 1 aliphatic rings. The quantitative estimate of drug-likeness (QED) is 0.639. The molecule has 5 nitrogen and oxygen atoms in total. The van der Waals surface area contributed by atoms with Crippen LogP contribution < -0.4 is 5.32 Å². The van der Waals surface area contributed by atoms with Gasteiger partial charge in [-0.3, -0.25) is 9.59 Å². The van der Waals surface area contributed by atoms with Crippen molar-refractivity contribution in [3.05, 3.63) is 59.4 Å². The highest BCUT2D eigenvalue weighted by atomic mass is 32.2. The van der Waals surface area contributed by atoms with E-state index in [0.717, 1.165) is 34.6 Å². The lowest BCUT2D eigenvalue weighted by molar-refractivity contribution is -0.133. The summed E-state index contributed by atoms with van der Waals surface area (Å²) < 4.78 is 18.7. The third-order valence-corrected chi connectivity index (χ3v) is 6.19. The summed E-state index contributed by atoms with van der Waals surface area (Å²) in [7, 11) is 0. The predicted molar refractivity (Wildman–Crippen MR) is 117 cm³/mol. The number of benzene rings is 2. The molecule has 30 heavy (non-hydrogen) atoms. The molecule has 7 heteroatoms. The van der Waals surface area contributed by atoms with E-state index in [9.17, 15) is 14.0 Å². The molecule has 1 N–H and O–H groups in total. The van der Waals surface area contributed by atoms with Crippen molar-refractivity contribution >= 4 is 29.3 Å². The number of halogens is 1. The molecule has 1 heterocycles. The molecule has 1 fully saturated rings. The first-order valence-electron chi connectivity index (χ1n) is 10.1. The monoisotopic (exact) mass is 430 g/mol. The average Bonchev–Trinajstić information content (AvgIpc) is 3.23. The highest BCUT2D eigenvalue weighted by molar-refractivity contribution is 8.00. The van der Waals surface area contributed by atoms with Crippen LogP contribution in [0.5, 0.6) is 0 Å². The summed E-state index contributed by atoms with van der Waals surface area (Å²) in [4.78, 5) is 27.9. The smallest absolute Gasteiger partial charge is 0.244 e. The number of carbonyl (C=O) groups is 2. The predicted octanol–water partition coefficient (Wildman–Crippen LogP) is 4.18. The molecule has 1 atom stereocenters. The fraction of sp³-hybridized carbons (Fsp3) is 0.391. The third-order valence-electron chi connectivity index (χ3n) is 5.19. The fourth-order valence-corrected chi connectivity index (χ4v) is 4.11.